The van der Waals surface area contributed by atoms with Gasteiger partial charge in [-0.1, -0.05) is 71.9 Å². The average molecular weight is 575 g/mol. The van der Waals surface area contributed by atoms with Crippen molar-refractivity contribution in [3.05, 3.63) is 62.6 Å². The lowest BCUT2D eigenvalue weighted by Crippen LogP contribution is -2.52. The van der Waals surface area contributed by atoms with Gasteiger partial charge in [-0.3, -0.25) is 13.9 Å². The van der Waals surface area contributed by atoms with E-state index in [2.05, 4.69) is 5.32 Å². The average Bonchev–Trinajstić information content (AvgIpc) is 3.31. The number of aryl methyl sites for hydroxylation is 1. The number of benzene rings is 2. The summed E-state index contributed by atoms with van der Waals surface area (Å²) in [5.41, 5.74) is 1.83. The molecule has 1 aliphatic rings. The molecule has 0 aliphatic heterocycles. The summed E-state index contributed by atoms with van der Waals surface area (Å²) in [6.45, 7) is 3.14. The number of nitrogens with one attached hydrogen (secondary N) is 1. The first-order chi connectivity index (χ1) is 16.9. The zero-order valence-corrected chi connectivity index (χ0v) is 23.5. The van der Waals surface area contributed by atoms with Gasteiger partial charge in [0.05, 0.1) is 27.0 Å². The number of anilines is 1. The Kier molecular flexibility index (Phi) is 9.55. The first-order valence-corrected chi connectivity index (χ1v) is 14.6. The maximum atomic E-state index is 13.7. The molecular formula is C25H30Cl3N3O4S. The van der Waals surface area contributed by atoms with Gasteiger partial charge in [-0.15, -0.1) is 0 Å². The monoisotopic (exact) mass is 573 g/mol. The summed E-state index contributed by atoms with van der Waals surface area (Å²) in [5, 5.41) is 3.31. The van der Waals surface area contributed by atoms with Crippen LogP contribution in [-0.2, 0) is 26.2 Å². The van der Waals surface area contributed by atoms with Gasteiger partial charge in [-0.05, 0) is 49.9 Å². The molecule has 36 heavy (non-hydrogen) atoms. The number of amides is 2. The van der Waals surface area contributed by atoms with E-state index in [4.69, 9.17) is 34.8 Å². The van der Waals surface area contributed by atoms with E-state index in [-0.39, 0.29) is 39.2 Å². The number of hydrogen-bond donors (Lipinski definition) is 1. The maximum absolute atomic E-state index is 13.7. The summed E-state index contributed by atoms with van der Waals surface area (Å²) in [7, 11) is -3.95. The van der Waals surface area contributed by atoms with E-state index in [1.54, 1.807) is 6.92 Å². The molecule has 2 aromatic rings. The fourth-order valence-corrected chi connectivity index (χ4v) is 5.79. The Morgan fingerprint density at radius 3 is 2.28 bits per heavy atom. The second-order valence-electron chi connectivity index (χ2n) is 9.10. The number of sulfonamides is 1. The lowest BCUT2D eigenvalue weighted by Gasteiger charge is -2.32. The largest absolute Gasteiger partial charge is 0.352 e. The van der Waals surface area contributed by atoms with Gasteiger partial charge in [0.1, 0.15) is 12.6 Å². The molecule has 196 valence electrons. The van der Waals surface area contributed by atoms with E-state index < -0.39 is 28.5 Å². The van der Waals surface area contributed by atoms with Crippen molar-refractivity contribution < 1.29 is 18.0 Å². The summed E-state index contributed by atoms with van der Waals surface area (Å²) < 4.78 is 26.3. The van der Waals surface area contributed by atoms with Crippen LogP contribution in [0.4, 0.5) is 5.69 Å². The van der Waals surface area contributed by atoms with E-state index >= 15 is 0 Å². The smallest absolute Gasteiger partial charge is 0.244 e. The number of carbonyl (C=O) groups is 2. The minimum atomic E-state index is -3.95. The second kappa shape index (κ2) is 12.0. The SMILES string of the molecule is Cc1ccccc1CN(C(=O)CN(c1cc(Cl)c(Cl)cc1Cl)S(C)(=O)=O)C(C)C(=O)NC1CCCC1. The highest BCUT2D eigenvalue weighted by molar-refractivity contribution is 7.92. The molecule has 0 aromatic heterocycles. The number of carbonyl (C=O) groups excluding carboxylic acids is 2. The normalized spacial score (nSPS) is 14.9. The number of hydrogen-bond acceptors (Lipinski definition) is 4. The Hall–Kier alpha value is -2.00. The minimum absolute atomic E-state index is 0.0279. The van der Waals surface area contributed by atoms with Crippen LogP contribution in [0.15, 0.2) is 36.4 Å². The van der Waals surface area contributed by atoms with Crippen LogP contribution in [0.5, 0.6) is 0 Å². The molecule has 11 heteroatoms. The van der Waals surface area contributed by atoms with Crippen LogP contribution in [0.25, 0.3) is 0 Å². The molecule has 1 saturated carbocycles. The molecule has 7 nitrogen and oxygen atoms in total. The molecule has 3 rings (SSSR count). The van der Waals surface area contributed by atoms with Crippen molar-refractivity contribution in [1.29, 1.82) is 0 Å². The van der Waals surface area contributed by atoms with E-state index in [0.29, 0.717) is 0 Å². The Labute approximate surface area is 227 Å². The van der Waals surface area contributed by atoms with Crippen LogP contribution in [0.3, 0.4) is 0 Å². The summed E-state index contributed by atoms with van der Waals surface area (Å²) in [6.07, 6.45) is 4.89. The first-order valence-electron chi connectivity index (χ1n) is 11.6. The summed E-state index contributed by atoms with van der Waals surface area (Å²) in [4.78, 5) is 28.2. The third-order valence-electron chi connectivity index (χ3n) is 6.41. The van der Waals surface area contributed by atoms with Crippen LogP contribution in [0, 0.1) is 6.92 Å². The van der Waals surface area contributed by atoms with Crippen molar-refractivity contribution in [3.8, 4) is 0 Å². The van der Waals surface area contributed by atoms with Crippen molar-refractivity contribution >= 4 is 62.3 Å². The quantitative estimate of drug-likeness (QED) is 0.417. The highest BCUT2D eigenvalue weighted by atomic mass is 35.5. The molecule has 0 bridgehead atoms. The van der Waals surface area contributed by atoms with Gasteiger partial charge in [-0.2, -0.15) is 0 Å². The predicted molar refractivity (Wildman–Crippen MR) is 145 cm³/mol. The van der Waals surface area contributed by atoms with E-state index in [0.717, 1.165) is 47.4 Å². The van der Waals surface area contributed by atoms with Gasteiger partial charge in [0.2, 0.25) is 21.8 Å². The Balaban J connectivity index is 1.94. The summed E-state index contributed by atoms with van der Waals surface area (Å²) >= 11 is 18.4. The molecular weight excluding hydrogens is 545 g/mol. The second-order valence-corrected chi connectivity index (χ2v) is 12.2. The van der Waals surface area contributed by atoms with E-state index in [1.807, 2.05) is 31.2 Å². The van der Waals surface area contributed by atoms with Crippen molar-refractivity contribution in [3.63, 3.8) is 0 Å². The van der Waals surface area contributed by atoms with Gasteiger partial charge >= 0.3 is 0 Å². The predicted octanol–water partition coefficient (Wildman–Crippen LogP) is 5.20. The molecule has 0 heterocycles. The number of nitrogens with zero attached hydrogens (tertiary/aromatic N) is 2. The highest BCUT2D eigenvalue weighted by Gasteiger charge is 2.32. The molecule has 1 unspecified atom stereocenters. The van der Waals surface area contributed by atoms with E-state index in [9.17, 15) is 18.0 Å². The third kappa shape index (κ3) is 7.06. The zero-order chi connectivity index (χ0) is 26.6. The Morgan fingerprint density at radius 2 is 1.67 bits per heavy atom. The molecule has 0 spiro atoms. The molecule has 1 aliphatic carbocycles. The lowest BCUT2D eigenvalue weighted by molar-refractivity contribution is -0.139. The van der Waals surface area contributed by atoms with Gasteiger partial charge in [-0.25, -0.2) is 8.42 Å². The highest BCUT2D eigenvalue weighted by Crippen LogP contribution is 2.35. The third-order valence-corrected chi connectivity index (χ3v) is 8.56. The standard InChI is InChI=1S/C25H30Cl3N3O4S/c1-16-8-4-5-9-18(16)14-30(17(2)25(33)29-19-10-6-7-11-19)24(32)15-31(36(3,34)35)23-13-21(27)20(26)12-22(23)28/h4-5,8-9,12-13,17,19H,6-7,10-11,14-15H2,1-3H3,(H,29,33). The van der Waals surface area contributed by atoms with E-state index in [1.165, 1.54) is 17.0 Å². The van der Waals surface area contributed by atoms with Crippen LogP contribution in [0.1, 0.15) is 43.7 Å². The van der Waals surface area contributed by atoms with Crippen molar-refractivity contribution in [1.82, 2.24) is 10.2 Å². The van der Waals surface area contributed by atoms with Gasteiger partial charge in [0.15, 0.2) is 0 Å². The summed E-state index contributed by atoms with van der Waals surface area (Å²) in [5.74, 6) is -0.831. The number of halogens is 3. The summed E-state index contributed by atoms with van der Waals surface area (Å²) in [6, 6.07) is 9.42. The van der Waals surface area contributed by atoms with Crippen molar-refractivity contribution in [2.75, 3.05) is 17.1 Å². The van der Waals surface area contributed by atoms with Crippen molar-refractivity contribution in [2.24, 2.45) is 0 Å². The minimum Gasteiger partial charge on any atom is -0.352 e. The van der Waals surface area contributed by atoms with Crippen LogP contribution in [0.2, 0.25) is 15.1 Å². The lowest BCUT2D eigenvalue weighted by atomic mass is 10.1. The molecule has 1 N–H and O–H groups in total. The van der Waals surface area contributed by atoms with Crippen LogP contribution in [-0.4, -0.2) is 50.0 Å². The Bertz CT molecular complexity index is 1230. The van der Waals surface area contributed by atoms with Crippen molar-refractivity contribution in [2.45, 2.75) is 58.2 Å². The molecule has 1 atom stereocenters. The fraction of sp³-hybridized carbons (Fsp3) is 0.440. The fourth-order valence-electron chi connectivity index (χ4n) is 4.24. The molecule has 0 radical (unpaired) electrons. The Morgan fingerprint density at radius 1 is 1.06 bits per heavy atom. The topological polar surface area (TPSA) is 86.8 Å². The van der Waals surface area contributed by atoms with Gasteiger partial charge < -0.3 is 10.2 Å². The van der Waals surface area contributed by atoms with Crippen LogP contribution < -0.4 is 9.62 Å². The van der Waals surface area contributed by atoms with Gasteiger partial charge in [0, 0.05) is 12.6 Å². The maximum Gasteiger partial charge on any atom is 0.244 e. The molecule has 2 amide bonds. The molecule has 0 saturated heterocycles. The molecule has 2 aromatic carbocycles. The van der Waals surface area contributed by atoms with Crippen LogP contribution >= 0.6 is 34.8 Å². The molecule has 1 fully saturated rings. The van der Waals surface area contributed by atoms with Gasteiger partial charge in [0.25, 0.3) is 0 Å². The first kappa shape index (κ1) is 28.6. The number of rotatable bonds is 9. The zero-order valence-electron chi connectivity index (χ0n) is 20.4.